The number of ether oxygens (including phenoxy) is 1. The van der Waals surface area contributed by atoms with E-state index in [0.29, 0.717) is 16.8 Å². The summed E-state index contributed by atoms with van der Waals surface area (Å²) < 4.78 is 44.4. The topological polar surface area (TPSA) is 115 Å². The van der Waals surface area contributed by atoms with Gasteiger partial charge in [0.25, 0.3) is 0 Å². The van der Waals surface area contributed by atoms with Gasteiger partial charge >= 0.3 is 6.01 Å². The summed E-state index contributed by atoms with van der Waals surface area (Å²) in [6.45, 7) is 1.03. The van der Waals surface area contributed by atoms with Crippen molar-refractivity contribution in [1.29, 1.82) is 5.26 Å². The summed E-state index contributed by atoms with van der Waals surface area (Å²) in [5.74, 6) is -0.475. The average Bonchev–Trinajstić information content (AvgIpc) is 2.75. The molecule has 2 heterocycles. The molecule has 0 N–H and O–H groups in total. The number of alkyl halides is 1. The van der Waals surface area contributed by atoms with Crippen LogP contribution in [-0.4, -0.2) is 35.4 Å². The second-order valence-electron chi connectivity index (χ2n) is 7.19. The van der Waals surface area contributed by atoms with Crippen molar-refractivity contribution in [3.63, 3.8) is 0 Å². The molecule has 0 radical (unpaired) electrons. The molecule has 0 saturated carbocycles. The SMILES string of the molecule is Cc1cccc(C#N)c1Oc1nc(CS(=O)(=O)CCCF)cc(-c2ccc(=O)n(C)c2)n1. The van der Waals surface area contributed by atoms with Crippen molar-refractivity contribution in [3.05, 3.63) is 69.8 Å². The first-order valence-corrected chi connectivity index (χ1v) is 11.5. The normalized spacial score (nSPS) is 11.2. The van der Waals surface area contributed by atoms with E-state index in [-0.39, 0.29) is 40.8 Å². The Morgan fingerprint density at radius 3 is 2.69 bits per heavy atom. The van der Waals surface area contributed by atoms with E-state index in [1.807, 2.05) is 6.07 Å². The quantitative estimate of drug-likeness (QED) is 0.511. The largest absolute Gasteiger partial charge is 0.423 e. The van der Waals surface area contributed by atoms with Crippen LogP contribution in [0, 0.1) is 18.3 Å². The second-order valence-corrected chi connectivity index (χ2v) is 9.38. The molecular weight excluding hydrogens is 435 g/mol. The summed E-state index contributed by atoms with van der Waals surface area (Å²) >= 11 is 0. The molecule has 0 amide bonds. The lowest BCUT2D eigenvalue weighted by Crippen LogP contribution is -2.14. The number of nitrogens with zero attached hydrogens (tertiary/aromatic N) is 4. The van der Waals surface area contributed by atoms with Gasteiger partial charge in [-0.15, -0.1) is 0 Å². The molecule has 0 aliphatic carbocycles. The molecule has 0 saturated heterocycles. The third-order valence-electron chi connectivity index (χ3n) is 4.62. The van der Waals surface area contributed by atoms with Gasteiger partial charge in [-0.2, -0.15) is 15.2 Å². The zero-order valence-corrected chi connectivity index (χ0v) is 18.4. The maximum atomic E-state index is 12.5. The number of rotatable bonds is 8. The number of aryl methyl sites for hydroxylation is 2. The molecule has 0 fully saturated rings. The lowest BCUT2D eigenvalue weighted by atomic mass is 10.1. The van der Waals surface area contributed by atoms with Gasteiger partial charge in [0.2, 0.25) is 5.56 Å². The van der Waals surface area contributed by atoms with E-state index in [2.05, 4.69) is 9.97 Å². The fraction of sp³-hybridized carbons (Fsp3) is 0.273. The number of pyridine rings is 1. The van der Waals surface area contributed by atoms with Crippen molar-refractivity contribution in [1.82, 2.24) is 14.5 Å². The second kappa shape index (κ2) is 9.70. The Kier molecular flexibility index (Phi) is 7.00. The van der Waals surface area contributed by atoms with Crippen LogP contribution in [0.1, 0.15) is 23.2 Å². The van der Waals surface area contributed by atoms with Gasteiger partial charge in [-0.3, -0.25) is 9.18 Å². The predicted molar refractivity (Wildman–Crippen MR) is 117 cm³/mol. The molecular formula is C22H21FN4O4S. The summed E-state index contributed by atoms with van der Waals surface area (Å²) in [4.78, 5) is 20.3. The van der Waals surface area contributed by atoms with Crippen LogP contribution in [-0.2, 0) is 22.6 Å². The van der Waals surface area contributed by atoms with E-state index in [1.54, 1.807) is 44.4 Å². The van der Waals surface area contributed by atoms with Crippen LogP contribution in [0.3, 0.4) is 0 Å². The highest BCUT2D eigenvalue weighted by Crippen LogP contribution is 2.29. The standard InChI is InChI=1S/C22H21FN4O4S/c1-15-5-3-6-16(12-24)21(15)31-22-25-18(14-32(29,30)10-4-9-23)11-19(26-22)17-7-8-20(28)27(2)13-17/h3,5-8,11,13H,4,9-10,14H2,1-2H3. The number of para-hydroxylation sites is 1. The molecule has 0 unspecified atom stereocenters. The van der Waals surface area contributed by atoms with Gasteiger partial charge in [0.15, 0.2) is 15.6 Å². The van der Waals surface area contributed by atoms with Crippen molar-refractivity contribution in [3.8, 4) is 29.1 Å². The lowest BCUT2D eigenvalue weighted by Gasteiger charge is -2.12. The molecule has 0 aliphatic heterocycles. The van der Waals surface area contributed by atoms with E-state index < -0.39 is 22.3 Å². The minimum absolute atomic E-state index is 0.0980. The maximum absolute atomic E-state index is 12.5. The average molecular weight is 456 g/mol. The van der Waals surface area contributed by atoms with Crippen LogP contribution in [0.25, 0.3) is 11.3 Å². The van der Waals surface area contributed by atoms with Crippen molar-refractivity contribution in [2.75, 3.05) is 12.4 Å². The zero-order valence-electron chi connectivity index (χ0n) is 17.6. The zero-order chi connectivity index (χ0) is 23.3. The highest BCUT2D eigenvalue weighted by molar-refractivity contribution is 7.90. The van der Waals surface area contributed by atoms with E-state index in [4.69, 9.17) is 4.74 Å². The molecule has 166 valence electrons. The maximum Gasteiger partial charge on any atom is 0.322 e. The minimum atomic E-state index is -3.61. The monoisotopic (exact) mass is 456 g/mol. The Morgan fingerprint density at radius 1 is 1.22 bits per heavy atom. The van der Waals surface area contributed by atoms with E-state index in [1.165, 1.54) is 16.7 Å². The Morgan fingerprint density at radius 2 is 2.00 bits per heavy atom. The molecule has 0 spiro atoms. The van der Waals surface area contributed by atoms with Gasteiger partial charge < -0.3 is 9.30 Å². The molecule has 8 nitrogen and oxygen atoms in total. The number of hydrogen-bond donors (Lipinski definition) is 0. The number of halogens is 1. The van der Waals surface area contributed by atoms with Gasteiger partial charge in [0.05, 0.1) is 35.1 Å². The van der Waals surface area contributed by atoms with E-state index in [0.717, 1.165) is 0 Å². The molecule has 1 aromatic carbocycles. The summed E-state index contributed by atoms with van der Waals surface area (Å²) in [5, 5.41) is 9.39. The smallest absolute Gasteiger partial charge is 0.322 e. The van der Waals surface area contributed by atoms with Crippen molar-refractivity contribution in [2.45, 2.75) is 19.1 Å². The first-order chi connectivity index (χ1) is 15.2. The van der Waals surface area contributed by atoms with Gasteiger partial charge in [-0.1, -0.05) is 12.1 Å². The highest BCUT2D eigenvalue weighted by Gasteiger charge is 2.18. The number of benzene rings is 1. The third kappa shape index (κ3) is 5.56. The predicted octanol–water partition coefficient (Wildman–Crippen LogP) is 3.09. The number of hydrogen-bond acceptors (Lipinski definition) is 7. The summed E-state index contributed by atoms with van der Waals surface area (Å²) in [7, 11) is -2.03. The molecule has 3 rings (SSSR count). The molecule has 32 heavy (non-hydrogen) atoms. The Bertz CT molecular complexity index is 1350. The summed E-state index contributed by atoms with van der Waals surface area (Å²) in [6, 6.07) is 11.4. The fourth-order valence-electron chi connectivity index (χ4n) is 3.03. The van der Waals surface area contributed by atoms with Crippen molar-refractivity contribution >= 4 is 9.84 Å². The molecule has 0 bridgehead atoms. The van der Waals surface area contributed by atoms with E-state index in [9.17, 15) is 22.9 Å². The van der Waals surface area contributed by atoms with Crippen LogP contribution in [0.5, 0.6) is 11.8 Å². The van der Waals surface area contributed by atoms with Gasteiger partial charge in [0.1, 0.15) is 6.07 Å². The van der Waals surface area contributed by atoms with Crippen LogP contribution in [0.15, 0.2) is 47.4 Å². The van der Waals surface area contributed by atoms with Crippen LogP contribution in [0.4, 0.5) is 4.39 Å². The Labute approximate surface area is 184 Å². The molecule has 0 aliphatic rings. The summed E-state index contributed by atoms with van der Waals surface area (Å²) in [6.07, 6.45) is 1.46. The Hall–Kier alpha value is -3.58. The fourth-order valence-corrected chi connectivity index (χ4v) is 4.32. The summed E-state index contributed by atoms with van der Waals surface area (Å²) in [5.41, 5.74) is 1.78. The molecule has 3 aromatic rings. The van der Waals surface area contributed by atoms with Crippen molar-refractivity contribution in [2.24, 2.45) is 7.05 Å². The number of sulfone groups is 1. The first kappa shape index (κ1) is 23.1. The highest BCUT2D eigenvalue weighted by atomic mass is 32.2. The first-order valence-electron chi connectivity index (χ1n) is 9.71. The van der Waals surface area contributed by atoms with Crippen LogP contribution >= 0.6 is 0 Å². The Balaban J connectivity index is 2.09. The number of aromatic nitrogens is 3. The van der Waals surface area contributed by atoms with Gasteiger partial charge in [0, 0.05) is 24.9 Å². The molecule has 2 aromatic heterocycles. The minimum Gasteiger partial charge on any atom is -0.423 e. The third-order valence-corrected chi connectivity index (χ3v) is 6.27. The van der Waals surface area contributed by atoms with Crippen molar-refractivity contribution < 1.29 is 17.5 Å². The van der Waals surface area contributed by atoms with Crippen LogP contribution in [0.2, 0.25) is 0 Å². The lowest BCUT2D eigenvalue weighted by molar-refractivity contribution is 0.436. The van der Waals surface area contributed by atoms with E-state index >= 15 is 0 Å². The number of nitriles is 1. The van der Waals surface area contributed by atoms with Gasteiger partial charge in [-0.05, 0) is 37.1 Å². The molecule has 10 heteroatoms. The van der Waals surface area contributed by atoms with Crippen LogP contribution < -0.4 is 10.3 Å². The molecule has 0 atom stereocenters. The van der Waals surface area contributed by atoms with Gasteiger partial charge in [-0.25, -0.2) is 8.42 Å².